The normalized spacial score (nSPS) is 22.9. The van der Waals surface area contributed by atoms with Gasteiger partial charge in [-0.1, -0.05) is 19.8 Å². The van der Waals surface area contributed by atoms with Crippen molar-refractivity contribution in [1.29, 1.82) is 0 Å². The molecule has 2 aromatic heterocycles. The highest BCUT2D eigenvalue weighted by atomic mass is 15.1. The standard InChI is InChI=1S/C16H22N4/c1-12-4-2-6-15(8-12)18-10-14-11-19-20-16(14)13-5-3-7-17-9-13/h3,5,7,9,11-12,15,18H,2,4,6,8,10H2,1H3,(H,19,20). The van der Waals surface area contributed by atoms with Crippen LogP contribution in [0.25, 0.3) is 11.3 Å². The Labute approximate surface area is 120 Å². The highest BCUT2D eigenvalue weighted by molar-refractivity contribution is 5.61. The summed E-state index contributed by atoms with van der Waals surface area (Å²) < 4.78 is 0. The van der Waals surface area contributed by atoms with Crippen molar-refractivity contribution in [2.45, 2.75) is 45.2 Å². The van der Waals surface area contributed by atoms with E-state index in [1.165, 1.54) is 31.2 Å². The lowest BCUT2D eigenvalue weighted by molar-refractivity contribution is 0.300. The van der Waals surface area contributed by atoms with E-state index < -0.39 is 0 Å². The van der Waals surface area contributed by atoms with Crippen molar-refractivity contribution in [2.24, 2.45) is 5.92 Å². The summed E-state index contributed by atoms with van der Waals surface area (Å²) in [5.41, 5.74) is 3.39. The van der Waals surface area contributed by atoms with E-state index in [1.807, 2.05) is 18.5 Å². The number of H-pyrrole nitrogens is 1. The monoisotopic (exact) mass is 270 g/mol. The SMILES string of the molecule is CC1CCCC(NCc2cn[nH]c2-c2cccnc2)C1. The maximum Gasteiger partial charge on any atom is 0.0710 e. The second-order valence-corrected chi connectivity index (χ2v) is 5.86. The Kier molecular flexibility index (Phi) is 4.11. The van der Waals surface area contributed by atoms with Gasteiger partial charge in [0.1, 0.15) is 0 Å². The molecular weight excluding hydrogens is 248 g/mol. The third kappa shape index (κ3) is 3.07. The Balaban J connectivity index is 1.65. The minimum atomic E-state index is 0.649. The molecule has 4 heteroatoms. The number of pyridine rings is 1. The van der Waals surface area contributed by atoms with Crippen LogP contribution in [0.4, 0.5) is 0 Å². The summed E-state index contributed by atoms with van der Waals surface area (Å²) in [5, 5.41) is 11.0. The lowest BCUT2D eigenvalue weighted by Gasteiger charge is -2.27. The minimum Gasteiger partial charge on any atom is -0.310 e. The van der Waals surface area contributed by atoms with Crippen molar-refractivity contribution < 1.29 is 0 Å². The Bertz CT molecular complexity index is 534. The van der Waals surface area contributed by atoms with Crippen LogP contribution in [0, 0.1) is 5.92 Å². The molecule has 4 nitrogen and oxygen atoms in total. The summed E-state index contributed by atoms with van der Waals surface area (Å²) in [7, 11) is 0. The molecular formula is C16H22N4. The summed E-state index contributed by atoms with van der Waals surface area (Å²) in [6.45, 7) is 3.23. The molecule has 1 aliphatic carbocycles. The number of nitrogens with one attached hydrogen (secondary N) is 2. The average molecular weight is 270 g/mol. The van der Waals surface area contributed by atoms with Crippen LogP contribution >= 0.6 is 0 Å². The molecule has 0 bridgehead atoms. The van der Waals surface area contributed by atoms with E-state index in [-0.39, 0.29) is 0 Å². The van der Waals surface area contributed by atoms with Crippen molar-refractivity contribution in [2.75, 3.05) is 0 Å². The molecule has 0 amide bonds. The van der Waals surface area contributed by atoms with Crippen molar-refractivity contribution >= 4 is 0 Å². The number of aromatic nitrogens is 3. The topological polar surface area (TPSA) is 53.6 Å². The molecule has 2 N–H and O–H groups in total. The van der Waals surface area contributed by atoms with E-state index in [1.54, 1.807) is 6.20 Å². The predicted octanol–water partition coefficient (Wildman–Crippen LogP) is 3.14. The largest absolute Gasteiger partial charge is 0.310 e. The smallest absolute Gasteiger partial charge is 0.0710 e. The van der Waals surface area contributed by atoms with Crippen molar-refractivity contribution in [3.63, 3.8) is 0 Å². The molecule has 1 saturated carbocycles. The van der Waals surface area contributed by atoms with Gasteiger partial charge < -0.3 is 5.32 Å². The molecule has 0 radical (unpaired) electrons. The summed E-state index contributed by atoms with van der Waals surface area (Å²) in [6.07, 6.45) is 10.9. The Morgan fingerprint density at radius 2 is 2.30 bits per heavy atom. The molecule has 0 aliphatic heterocycles. The van der Waals surface area contributed by atoms with Crippen molar-refractivity contribution in [1.82, 2.24) is 20.5 Å². The van der Waals surface area contributed by atoms with Crippen LogP contribution in [0.1, 0.15) is 38.2 Å². The van der Waals surface area contributed by atoms with Gasteiger partial charge in [-0.15, -0.1) is 0 Å². The van der Waals surface area contributed by atoms with Crippen LogP contribution in [-0.4, -0.2) is 21.2 Å². The summed E-state index contributed by atoms with van der Waals surface area (Å²) in [6, 6.07) is 4.67. The molecule has 0 aromatic carbocycles. The minimum absolute atomic E-state index is 0.649. The average Bonchev–Trinajstić information content (AvgIpc) is 2.95. The fourth-order valence-electron chi connectivity index (χ4n) is 3.08. The number of rotatable bonds is 4. The number of hydrogen-bond acceptors (Lipinski definition) is 3. The zero-order valence-corrected chi connectivity index (χ0v) is 12.0. The third-order valence-corrected chi connectivity index (χ3v) is 4.19. The van der Waals surface area contributed by atoms with Crippen molar-refractivity contribution in [3.05, 3.63) is 36.3 Å². The van der Waals surface area contributed by atoms with E-state index in [4.69, 9.17) is 0 Å². The second kappa shape index (κ2) is 6.18. The zero-order valence-electron chi connectivity index (χ0n) is 12.0. The first-order chi connectivity index (χ1) is 9.83. The van der Waals surface area contributed by atoms with Crippen LogP contribution < -0.4 is 5.32 Å². The fourth-order valence-corrected chi connectivity index (χ4v) is 3.08. The lowest BCUT2D eigenvalue weighted by atomic mass is 9.87. The van der Waals surface area contributed by atoms with Gasteiger partial charge >= 0.3 is 0 Å². The maximum atomic E-state index is 4.18. The van der Waals surface area contributed by atoms with Crippen LogP contribution in [0.3, 0.4) is 0 Å². The molecule has 2 unspecified atom stereocenters. The lowest BCUT2D eigenvalue weighted by Crippen LogP contribution is -2.33. The van der Waals surface area contributed by atoms with E-state index >= 15 is 0 Å². The van der Waals surface area contributed by atoms with Gasteiger partial charge in [-0.3, -0.25) is 10.1 Å². The van der Waals surface area contributed by atoms with Gasteiger partial charge in [0.25, 0.3) is 0 Å². The van der Waals surface area contributed by atoms with E-state index in [9.17, 15) is 0 Å². The highest BCUT2D eigenvalue weighted by Gasteiger charge is 2.18. The molecule has 2 aromatic rings. The van der Waals surface area contributed by atoms with Crippen molar-refractivity contribution in [3.8, 4) is 11.3 Å². The van der Waals surface area contributed by atoms with E-state index in [0.717, 1.165) is 23.7 Å². The van der Waals surface area contributed by atoms with Crippen LogP contribution in [0.15, 0.2) is 30.7 Å². The van der Waals surface area contributed by atoms with Gasteiger partial charge in [0, 0.05) is 36.1 Å². The Hall–Kier alpha value is -1.68. The van der Waals surface area contributed by atoms with Crippen LogP contribution in [0.5, 0.6) is 0 Å². The maximum absolute atomic E-state index is 4.18. The van der Waals surface area contributed by atoms with Gasteiger partial charge in [-0.2, -0.15) is 5.10 Å². The molecule has 1 fully saturated rings. The first-order valence-electron chi connectivity index (χ1n) is 7.49. The molecule has 0 spiro atoms. The predicted molar refractivity (Wildman–Crippen MR) is 80.1 cm³/mol. The van der Waals surface area contributed by atoms with Gasteiger partial charge in [0.05, 0.1) is 11.9 Å². The first kappa shape index (κ1) is 13.3. The van der Waals surface area contributed by atoms with Crippen LogP contribution in [0.2, 0.25) is 0 Å². The Morgan fingerprint density at radius 1 is 1.35 bits per heavy atom. The van der Waals surface area contributed by atoms with Crippen LogP contribution in [-0.2, 0) is 6.54 Å². The molecule has 3 rings (SSSR count). The van der Waals surface area contributed by atoms with E-state index in [0.29, 0.717) is 6.04 Å². The quantitative estimate of drug-likeness (QED) is 0.897. The van der Waals surface area contributed by atoms with Gasteiger partial charge in [0.2, 0.25) is 0 Å². The number of nitrogens with zero attached hydrogens (tertiary/aromatic N) is 2. The zero-order chi connectivity index (χ0) is 13.8. The molecule has 0 saturated heterocycles. The molecule has 1 aliphatic rings. The molecule has 20 heavy (non-hydrogen) atoms. The summed E-state index contributed by atoms with van der Waals surface area (Å²) >= 11 is 0. The van der Waals surface area contributed by atoms with E-state index in [2.05, 4.69) is 33.5 Å². The molecule has 2 atom stereocenters. The molecule has 106 valence electrons. The second-order valence-electron chi connectivity index (χ2n) is 5.86. The summed E-state index contributed by atoms with van der Waals surface area (Å²) in [5.74, 6) is 0.850. The highest BCUT2D eigenvalue weighted by Crippen LogP contribution is 2.25. The Morgan fingerprint density at radius 3 is 3.10 bits per heavy atom. The molecule has 2 heterocycles. The number of hydrogen-bond donors (Lipinski definition) is 2. The summed E-state index contributed by atoms with van der Waals surface area (Å²) in [4.78, 5) is 4.17. The fraction of sp³-hybridized carbons (Fsp3) is 0.500. The van der Waals surface area contributed by atoms with Gasteiger partial charge in [-0.05, 0) is 30.9 Å². The van der Waals surface area contributed by atoms with Gasteiger partial charge in [-0.25, -0.2) is 0 Å². The third-order valence-electron chi connectivity index (χ3n) is 4.19. The van der Waals surface area contributed by atoms with Gasteiger partial charge in [0.15, 0.2) is 0 Å². The first-order valence-corrected chi connectivity index (χ1v) is 7.49. The number of aromatic amines is 1.